The summed E-state index contributed by atoms with van der Waals surface area (Å²) in [5, 5.41) is 25.3. The van der Waals surface area contributed by atoms with Crippen LogP contribution in [0.3, 0.4) is 0 Å². The summed E-state index contributed by atoms with van der Waals surface area (Å²) in [5.74, 6) is -3.25. The summed E-state index contributed by atoms with van der Waals surface area (Å²) < 4.78 is 0. The highest BCUT2D eigenvalue weighted by Gasteiger charge is 2.26. The molecule has 0 saturated heterocycles. The second-order valence-electron chi connectivity index (χ2n) is 6.36. The summed E-state index contributed by atoms with van der Waals surface area (Å²) in [6, 6.07) is 5.52. The van der Waals surface area contributed by atoms with Crippen molar-refractivity contribution in [2.45, 2.75) is 44.5 Å². The second kappa shape index (κ2) is 11.0. The number of amides is 3. The van der Waals surface area contributed by atoms with Gasteiger partial charge in [0.1, 0.15) is 18.1 Å². The Labute approximate surface area is 162 Å². The van der Waals surface area contributed by atoms with Crippen LogP contribution in [0.4, 0.5) is 0 Å². The van der Waals surface area contributed by atoms with Crippen LogP contribution < -0.4 is 21.7 Å². The van der Waals surface area contributed by atoms with Crippen LogP contribution >= 0.6 is 0 Å². The first-order valence-corrected chi connectivity index (χ1v) is 8.69. The summed E-state index contributed by atoms with van der Waals surface area (Å²) in [6.45, 7) is 2.18. The Morgan fingerprint density at radius 1 is 1.04 bits per heavy atom. The maximum atomic E-state index is 12.5. The van der Waals surface area contributed by atoms with Crippen molar-refractivity contribution >= 4 is 23.7 Å². The molecule has 0 aromatic heterocycles. The molecular formula is C18H26N4O6. The van der Waals surface area contributed by atoms with E-state index in [4.69, 9.17) is 10.8 Å². The van der Waals surface area contributed by atoms with Crippen molar-refractivity contribution in [2.24, 2.45) is 5.73 Å². The summed E-state index contributed by atoms with van der Waals surface area (Å²) in [6.07, 6.45) is -0.971. The second-order valence-corrected chi connectivity index (χ2v) is 6.36. The van der Waals surface area contributed by atoms with Crippen LogP contribution in [0.2, 0.25) is 0 Å². The Morgan fingerprint density at radius 2 is 1.64 bits per heavy atom. The number of carbonyl (C=O) groups excluding carboxylic acids is 3. The van der Waals surface area contributed by atoms with E-state index in [0.29, 0.717) is 0 Å². The number of nitrogens with one attached hydrogen (secondary N) is 3. The SMILES string of the molecule is CC(NC(=O)CNC(=O)C(Cc1ccccc1)NC(=O)C(N)C(C)O)C(=O)O. The lowest BCUT2D eigenvalue weighted by Gasteiger charge is -2.22. The van der Waals surface area contributed by atoms with Crippen molar-refractivity contribution < 1.29 is 29.4 Å². The highest BCUT2D eigenvalue weighted by atomic mass is 16.4. The molecule has 0 aliphatic rings. The van der Waals surface area contributed by atoms with Crippen molar-refractivity contribution in [1.82, 2.24) is 16.0 Å². The Bertz CT molecular complexity index is 695. The number of benzene rings is 1. The van der Waals surface area contributed by atoms with Gasteiger partial charge in [-0.05, 0) is 19.4 Å². The fourth-order valence-electron chi connectivity index (χ4n) is 2.19. The zero-order valence-corrected chi connectivity index (χ0v) is 15.7. The third-order valence-corrected chi connectivity index (χ3v) is 3.91. The van der Waals surface area contributed by atoms with Gasteiger partial charge in [0.05, 0.1) is 12.6 Å². The number of hydrogen-bond donors (Lipinski definition) is 6. The molecule has 10 nitrogen and oxygen atoms in total. The van der Waals surface area contributed by atoms with Gasteiger partial charge in [0.15, 0.2) is 0 Å². The number of aliphatic hydroxyl groups excluding tert-OH is 1. The predicted molar refractivity (Wildman–Crippen MR) is 100.0 cm³/mol. The Kier molecular flexibility index (Phi) is 9.06. The van der Waals surface area contributed by atoms with Gasteiger partial charge >= 0.3 is 5.97 Å². The van der Waals surface area contributed by atoms with Crippen molar-refractivity contribution in [2.75, 3.05) is 6.54 Å². The van der Waals surface area contributed by atoms with Crippen molar-refractivity contribution in [3.63, 3.8) is 0 Å². The van der Waals surface area contributed by atoms with Crippen LogP contribution in [0.25, 0.3) is 0 Å². The molecule has 28 heavy (non-hydrogen) atoms. The maximum absolute atomic E-state index is 12.5. The minimum absolute atomic E-state index is 0.137. The maximum Gasteiger partial charge on any atom is 0.325 e. The third-order valence-electron chi connectivity index (χ3n) is 3.91. The van der Waals surface area contributed by atoms with Crippen molar-refractivity contribution in [3.8, 4) is 0 Å². The molecule has 0 radical (unpaired) electrons. The molecule has 0 spiro atoms. The predicted octanol–water partition coefficient (Wildman–Crippen LogP) is -1.87. The molecule has 0 bridgehead atoms. The van der Waals surface area contributed by atoms with Crippen molar-refractivity contribution in [3.05, 3.63) is 35.9 Å². The summed E-state index contributed by atoms with van der Waals surface area (Å²) >= 11 is 0. The van der Waals surface area contributed by atoms with E-state index in [1.165, 1.54) is 13.8 Å². The molecule has 0 aliphatic heterocycles. The molecule has 1 aromatic carbocycles. The Morgan fingerprint density at radius 3 is 2.18 bits per heavy atom. The van der Waals surface area contributed by atoms with E-state index in [1.54, 1.807) is 30.3 Å². The average molecular weight is 394 g/mol. The van der Waals surface area contributed by atoms with Gasteiger partial charge < -0.3 is 31.9 Å². The van der Waals surface area contributed by atoms with E-state index in [-0.39, 0.29) is 6.42 Å². The molecular weight excluding hydrogens is 368 g/mol. The summed E-state index contributed by atoms with van der Waals surface area (Å²) in [4.78, 5) is 47.1. The molecule has 4 unspecified atom stereocenters. The number of nitrogens with two attached hydrogens (primary N) is 1. The number of carboxylic acid groups (broad SMARTS) is 1. The number of carbonyl (C=O) groups is 4. The normalized spacial score (nSPS) is 14.9. The van der Waals surface area contributed by atoms with Crippen molar-refractivity contribution in [1.29, 1.82) is 0 Å². The fraction of sp³-hybridized carbons (Fsp3) is 0.444. The molecule has 4 atom stereocenters. The molecule has 10 heteroatoms. The minimum atomic E-state index is -1.22. The van der Waals surface area contributed by atoms with Gasteiger partial charge in [0, 0.05) is 6.42 Å². The minimum Gasteiger partial charge on any atom is -0.480 e. The average Bonchev–Trinajstić information content (AvgIpc) is 2.65. The molecule has 0 aliphatic carbocycles. The van der Waals surface area contributed by atoms with Gasteiger partial charge in [-0.15, -0.1) is 0 Å². The van der Waals surface area contributed by atoms with Crippen LogP contribution in [0.1, 0.15) is 19.4 Å². The van der Waals surface area contributed by atoms with Gasteiger partial charge in [-0.1, -0.05) is 30.3 Å². The first kappa shape index (κ1) is 23.1. The lowest BCUT2D eigenvalue weighted by Crippen LogP contribution is -2.56. The molecule has 0 fully saturated rings. The van der Waals surface area contributed by atoms with E-state index in [9.17, 15) is 24.3 Å². The van der Waals surface area contributed by atoms with Crippen LogP contribution in [-0.4, -0.2) is 64.7 Å². The molecule has 0 heterocycles. The Balaban J connectivity index is 2.76. The molecule has 1 rings (SSSR count). The van der Waals surface area contributed by atoms with Crippen LogP contribution in [0.5, 0.6) is 0 Å². The summed E-state index contributed by atoms with van der Waals surface area (Å²) in [7, 11) is 0. The largest absolute Gasteiger partial charge is 0.480 e. The van der Waals surface area contributed by atoms with E-state index in [1.807, 2.05) is 0 Å². The lowest BCUT2D eigenvalue weighted by molar-refractivity contribution is -0.141. The van der Waals surface area contributed by atoms with Gasteiger partial charge in [-0.25, -0.2) is 0 Å². The number of aliphatic carboxylic acids is 1. The smallest absolute Gasteiger partial charge is 0.325 e. The lowest BCUT2D eigenvalue weighted by atomic mass is 10.0. The molecule has 154 valence electrons. The standard InChI is InChI=1S/C18H26N4O6/c1-10(18(27)28)21-14(24)9-20-16(25)13(8-12-6-4-3-5-7-12)22-17(26)15(19)11(2)23/h3-7,10-11,13,15,23H,8-9,19H2,1-2H3,(H,20,25)(H,21,24)(H,22,26)(H,27,28). The van der Waals surface area contributed by atoms with Gasteiger partial charge in [-0.2, -0.15) is 0 Å². The van der Waals surface area contributed by atoms with E-state index in [0.717, 1.165) is 5.56 Å². The third kappa shape index (κ3) is 7.72. The van der Waals surface area contributed by atoms with E-state index >= 15 is 0 Å². The van der Waals surface area contributed by atoms with Gasteiger partial charge in [-0.3, -0.25) is 19.2 Å². The highest BCUT2D eigenvalue weighted by molar-refractivity contribution is 5.92. The highest BCUT2D eigenvalue weighted by Crippen LogP contribution is 2.04. The zero-order chi connectivity index (χ0) is 21.3. The topological polar surface area (TPSA) is 171 Å². The number of rotatable bonds is 10. The molecule has 0 saturated carbocycles. The molecule has 1 aromatic rings. The van der Waals surface area contributed by atoms with Gasteiger partial charge in [0.2, 0.25) is 17.7 Å². The number of aliphatic hydroxyl groups is 1. The fourth-order valence-corrected chi connectivity index (χ4v) is 2.19. The zero-order valence-electron chi connectivity index (χ0n) is 15.7. The van der Waals surface area contributed by atoms with Gasteiger partial charge in [0.25, 0.3) is 0 Å². The first-order valence-electron chi connectivity index (χ1n) is 8.69. The number of hydrogen-bond acceptors (Lipinski definition) is 6. The van der Waals surface area contributed by atoms with Crippen LogP contribution in [-0.2, 0) is 25.6 Å². The number of carboxylic acids is 1. The molecule has 3 amide bonds. The Hall–Kier alpha value is -2.98. The summed E-state index contributed by atoms with van der Waals surface area (Å²) in [5.41, 5.74) is 6.36. The quantitative estimate of drug-likeness (QED) is 0.270. The van der Waals surface area contributed by atoms with E-state index < -0.39 is 54.5 Å². The monoisotopic (exact) mass is 394 g/mol. The van der Waals surface area contributed by atoms with E-state index in [2.05, 4.69) is 16.0 Å². The van der Waals surface area contributed by atoms with Crippen LogP contribution in [0, 0.1) is 0 Å². The molecule has 7 N–H and O–H groups in total. The van der Waals surface area contributed by atoms with Crippen LogP contribution in [0.15, 0.2) is 30.3 Å². The first-order chi connectivity index (χ1) is 13.1.